The van der Waals surface area contributed by atoms with Crippen LogP contribution in [0.25, 0.3) is 0 Å². The summed E-state index contributed by atoms with van der Waals surface area (Å²) in [6, 6.07) is 7.76. The first-order valence-electron chi connectivity index (χ1n) is 6.54. The number of benzene rings is 1. The van der Waals surface area contributed by atoms with Gasteiger partial charge in [0, 0.05) is 17.1 Å². The van der Waals surface area contributed by atoms with Gasteiger partial charge in [-0.05, 0) is 57.9 Å². The summed E-state index contributed by atoms with van der Waals surface area (Å²) >= 11 is 16.9. The average molecular weight is 405 g/mol. The second kappa shape index (κ2) is 6.29. The molecule has 2 aromatic rings. The topological polar surface area (TPSA) is 20.3 Å². The lowest BCUT2D eigenvalue weighted by Gasteiger charge is -2.22. The van der Waals surface area contributed by atoms with Gasteiger partial charge >= 0.3 is 0 Å². The molecule has 2 nitrogen and oxygen atoms in total. The van der Waals surface area contributed by atoms with E-state index in [1.165, 1.54) is 11.3 Å². The molecular formula is C15H12BrCl2NOS. The van der Waals surface area contributed by atoms with Crippen molar-refractivity contribution in [3.63, 3.8) is 0 Å². The standard InChI is InChI=1S/C15H12BrCl2NOS/c16-11-5-6-21-14(11)15(20)19(10-2-3-10)8-9-1-4-12(17)13(18)7-9/h1,4-7,10H,2-3,8H2. The van der Waals surface area contributed by atoms with Crippen LogP contribution in [0.5, 0.6) is 0 Å². The van der Waals surface area contributed by atoms with Gasteiger partial charge in [-0.15, -0.1) is 11.3 Å². The predicted octanol–water partition coefficient (Wildman–Crippen LogP) is 5.62. The molecule has 1 aliphatic rings. The van der Waals surface area contributed by atoms with Crippen molar-refractivity contribution in [1.29, 1.82) is 0 Å². The number of hydrogen-bond donors (Lipinski definition) is 0. The van der Waals surface area contributed by atoms with E-state index >= 15 is 0 Å². The van der Waals surface area contributed by atoms with Crippen LogP contribution in [0.1, 0.15) is 28.1 Å². The molecule has 1 aromatic heterocycles. The molecule has 0 radical (unpaired) electrons. The number of amides is 1. The Morgan fingerprint density at radius 2 is 2.05 bits per heavy atom. The fraction of sp³-hybridized carbons (Fsp3) is 0.267. The highest BCUT2D eigenvalue weighted by molar-refractivity contribution is 9.10. The Morgan fingerprint density at radius 3 is 2.62 bits per heavy atom. The molecule has 0 N–H and O–H groups in total. The van der Waals surface area contributed by atoms with Crippen molar-refractivity contribution < 1.29 is 4.79 Å². The first-order chi connectivity index (χ1) is 10.1. The van der Waals surface area contributed by atoms with Crippen molar-refractivity contribution in [1.82, 2.24) is 4.90 Å². The van der Waals surface area contributed by atoms with Crippen LogP contribution in [-0.2, 0) is 6.54 Å². The predicted molar refractivity (Wildman–Crippen MR) is 91.4 cm³/mol. The monoisotopic (exact) mass is 403 g/mol. The second-order valence-electron chi connectivity index (χ2n) is 5.01. The van der Waals surface area contributed by atoms with Gasteiger partial charge in [-0.25, -0.2) is 0 Å². The molecule has 0 saturated heterocycles. The van der Waals surface area contributed by atoms with Crippen molar-refractivity contribution in [3.8, 4) is 0 Å². The van der Waals surface area contributed by atoms with Crippen molar-refractivity contribution >= 4 is 56.4 Å². The van der Waals surface area contributed by atoms with E-state index in [9.17, 15) is 4.79 Å². The van der Waals surface area contributed by atoms with E-state index in [2.05, 4.69) is 15.9 Å². The molecule has 0 unspecified atom stereocenters. The zero-order valence-electron chi connectivity index (χ0n) is 11.0. The molecule has 1 saturated carbocycles. The zero-order valence-corrected chi connectivity index (χ0v) is 14.9. The number of carbonyl (C=O) groups is 1. The molecule has 0 aliphatic heterocycles. The molecule has 6 heteroatoms. The smallest absolute Gasteiger partial charge is 0.265 e. The Hall–Kier alpha value is -0.550. The summed E-state index contributed by atoms with van der Waals surface area (Å²) in [4.78, 5) is 15.4. The molecule has 1 fully saturated rings. The van der Waals surface area contributed by atoms with Crippen LogP contribution in [0.3, 0.4) is 0 Å². The number of thiophene rings is 1. The molecule has 110 valence electrons. The van der Waals surface area contributed by atoms with E-state index in [1.807, 2.05) is 28.5 Å². The zero-order chi connectivity index (χ0) is 15.0. The second-order valence-corrected chi connectivity index (χ2v) is 7.60. The summed E-state index contributed by atoms with van der Waals surface area (Å²) in [6.45, 7) is 0.560. The summed E-state index contributed by atoms with van der Waals surface area (Å²) < 4.78 is 0.859. The maximum Gasteiger partial charge on any atom is 0.265 e. The Balaban J connectivity index is 1.83. The number of carbonyl (C=O) groups excluding carboxylic acids is 1. The van der Waals surface area contributed by atoms with Crippen LogP contribution in [0.15, 0.2) is 34.1 Å². The average Bonchev–Trinajstić information content (AvgIpc) is 3.21. The largest absolute Gasteiger partial charge is 0.331 e. The Labute approximate surface area is 145 Å². The van der Waals surface area contributed by atoms with Gasteiger partial charge in [-0.2, -0.15) is 0 Å². The summed E-state index contributed by atoms with van der Waals surface area (Å²) in [7, 11) is 0. The van der Waals surface area contributed by atoms with Gasteiger partial charge in [0.2, 0.25) is 0 Å². The maximum atomic E-state index is 12.7. The van der Waals surface area contributed by atoms with E-state index in [-0.39, 0.29) is 5.91 Å². The Bertz CT molecular complexity index is 684. The van der Waals surface area contributed by atoms with Gasteiger partial charge in [-0.1, -0.05) is 29.3 Å². The van der Waals surface area contributed by atoms with Gasteiger partial charge in [0.1, 0.15) is 4.88 Å². The molecule has 1 aromatic carbocycles. The number of hydrogen-bond acceptors (Lipinski definition) is 2. The summed E-state index contributed by atoms with van der Waals surface area (Å²) in [6.07, 6.45) is 2.13. The normalized spacial score (nSPS) is 14.2. The van der Waals surface area contributed by atoms with E-state index in [0.717, 1.165) is 27.8 Å². The van der Waals surface area contributed by atoms with E-state index in [0.29, 0.717) is 22.6 Å². The van der Waals surface area contributed by atoms with Crippen LogP contribution in [0, 0.1) is 0 Å². The number of nitrogens with zero attached hydrogens (tertiary/aromatic N) is 1. The Kier molecular flexibility index (Phi) is 4.60. The van der Waals surface area contributed by atoms with Crippen molar-refractivity contribution in [2.75, 3.05) is 0 Å². The fourth-order valence-corrected chi connectivity index (χ4v) is 3.98. The van der Waals surface area contributed by atoms with Crippen LogP contribution < -0.4 is 0 Å². The molecule has 0 atom stereocenters. The third-order valence-electron chi connectivity index (χ3n) is 3.40. The highest BCUT2D eigenvalue weighted by Crippen LogP contribution is 2.33. The number of halogens is 3. The minimum Gasteiger partial charge on any atom is -0.331 e. The lowest BCUT2D eigenvalue weighted by molar-refractivity contribution is 0.0734. The summed E-state index contributed by atoms with van der Waals surface area (Å²) in [5.41, 5.74) is 0.998. The van der Waals surface area contributed by atoms with E-state index < -0.39 is 0 Å². The third kappa shape index (κ3) is 3.45. The van der Waals surface area contributed by atoms with E-state index in [1.54, 1.807) is 6.07 Å². The molecule has 21 heavy (non-hydrogen) atoms. The fourth-order valence-electron chi connectivity index (χ4n) is 2.16. The van der Waals surface area contributed by atoms with Gasteiger partial charge in [0.15, 0.2) is 0 Å². The van der Waals surface area contributed by atoms with Crippen LogP contribution in [0.2, 0.25) is 10.0 Å². The quantitative estimate of drug-likeness (QED) is 0.647. The highest BCUT2D eigenvalue weighted by Gasteiger charge is 2.34. The molecule has 0 bridgehead atoms. The SMILES string of the molecule is O=C(c1sccc1Br)N(Cc1ccc(Cl)c(Cl)c1)C1CC1. The van der Waals surface area contributed by atoms with Crippen LogP contribution in [-0.4, -0.2) is 16.8 Å². The molecule has 3 rings (SSSR count). The molecule has 1 heterocycles. The van der Waals surface area contributed by atoms with Crippen LogP contribution in [0.4, 0.5) is 0 Å². The van der Waals surface area contributed by atoms with Gasteiger partial charge in [-0.3, -0.25) is 4.79 Å². The van der Waals surface area contributed by atoms with Gasteiger partial charge in [0.05, 0.1) is 10.0 Å². The lowest BCUT2D eigenvalue weighted by Crippen LogP contribution is -2.32. The molecule has 1 amide bonds. The van der Waals surface area contributed by atoms with Crippen molar-refractivity contribution in [3.05, 3.63) is 54.6 Å². The first-order valence-corrected chi connectivity index (χ1v) is 8.97. The van der Waals surface area contributed by atoms with Gasteiger partial charge < -0.3 is 4.90 Å². The number of rotatable bonds is 4. The Morgan fingerprint density at radius 1 is 1.29 bits per heavy atom. The minimum atomic E-state index is 0.0745. The highest BCUT2D eigenvalue weighted by atomic mass is 79.9. The molecule has 1 aliphatic carbocycles. The minimum absolute atomic E-state index is 0.0745. The van der Waals surface area contributed by atoms with Crippen molar-refractivity contribution in [2.45, 2.75) is 25.4 Å². The first kappa shape index (κ1) is 15.3. The van der Waals surface area contributed by atoms with Crippen LogP contribution >= 0.6 is 50.5 Å². The lowest BCUT2D eigenvalue weighted by atomic mass is 10.2. The molecule has 0 spiro atoms. The van der Waals surface area contributed by atoms with E-state index in [4.69, 9.17) is 23.2 Å². The maximum absolute atomic E-state index is 12.7. The summed E-state index contributed by atoms with van der Waals surface area (Å²) in [5.74, 6) is 0.0745. The summed E-state index contributed by atoms with van der Waals surface area (Å²) in [5, 5.41) is 2.97. The molecular weight excluding hydrogens is 393 g/mol. The third-order valence-corrected chi connectivity index (χ3v) is 5.96. The van der Waals surface area contributed by atoms with Crippen molar-refractivity contribution in [2.24, 2.45) is 0 Å². The van der Waals surface area contributed by atoms with Gasteiger partial charge in [0.25, 0.3) is 5.91 Å².